The zero-order valence-corrected chi connectivity index (χ0v) is 23.2. The van der Waals surface area contributed by atoms with Crippen molar-refractivity contribution in [2.45, 2.75) is 43.6 Å². The Kier molecular flexibility index (Phi) is 6.15. The van der Waals surface area contributed by atoms with Gasteiger partial charge in [-0.25, -0.2) is 22.8 Å². The van der Waals surface area contributed by atoms with Crippen molar-refractivity contribution in [3.63, 3.8) is 0 Å². The molecule has 4 atom stereocenters. The van der Waals surface area contributed by atoms with Crippen LogP contribution in [0.15, 0.2) is 47.0 Å². The highest BCUT2D eigenvalue weighted by Crippen LogP contribution is 2.57. The van der Waals surface area contributed by atoms with E-state index in [2.05, 4.69) is 21.3 Å². The fourth-order valence-corrected chi connectivity index (χ4v) is 7.57. The molecule has 9 nitrogen and oxygen atoms in total. The lowest BCUT2D eigenvalue weighted by Gasteiger charge is -2.30. The molecule has 11 heteroatoms. The van der Waals surface area contributed by atoms with Crippen molar-refractivity contribution in [2.75, 3.05) is 29.5 Å². The molecule has 0 radical (unpaired) electrons. The van der Waals surface area contributed by atoms with E-state index in [1.165, 1.54) is 12.1 Å². The summed E-state index contributed by atoms with van der Waals surface area (Å²) < 4.78 is 43.8. The molecule has 41 heavy (non-hydrogen) atoms. The number of hydrogen-bond acceptors (Lipinski definition) is 8. The predicted octanol–water partition coefficient (Wildman–Crippen LogP) is 4.08. The maximum absolute atomic E-state index is 13.6. The Morgan fingerprint density at radius 2 is 1.80 bits per heavy atom. The van der Waals surface area contributed by atoms with Crippen LogP contribution in [0.25, 0.3) is 22.8 Å². The van der Waals surface area contributed by atoms with E-state index in [-0.39, 0.29) is 35.1 Å². The van der Waals surface area contributed by atoms with Crippen LogP contribution >= 0.6 is 0 Å². The third-order valence-corrected chi connectivity index (χ3v) is 10.7. The molecule has 3 saturated carbocycles. The third-order valence-electron chi connectivity index (χ3n) is 9.12. The van der Waals surface area contributed by atoms with Crippen molar-refractivity contribution >= 4 is 21.4 Å². The van der Waals surface area contributed by atoms with Gasteiger partial charge >= 0.3 is 0 Å². The molecule has 1 amide bonds. The van der Waals surface area contributed by atoms with Gasteiger partial charge in [-0.3, -0.25) is 4.79 Å². The first kappa shape index (κ1) is 26.1. The first-order chi connectivity index (χ1) is 19.7. The van der Waals surface area contributed by atoms with Crippen LogP contribution in [0.4, 0.5) is 10.1 Å². The number of rotatable bonds is 6. The van der Waals surface area contributed by atoms with E-state index < -0.39 is 21.2 Å². The van der Waals surface area contributed by atoms with Gasteiger partial charge in [0.05, 0.1) is 23.8 Å². The highest BCUT2D eigenvalue weighted by molar-refractivity contribution is 7.91. The van der Waals surface area contributed by atoms with Crippen molar-refractivity contribution in [1.29, 1.82) is 5.26 Å². The maximum atomic E-state index is 13.6. The molecule has 1 saturated heterocycles. The summed E-state index contributed by atoms with van der Waals surface area (Å²) in [6, 6.07) is 12.9. The Balaban J connectivity index is 1.24. The van der Waals surface area contributed by atoms with E-state index in [0.29, 0.717) is 54.9 Å². The summed E-state index contributed by atoms with van der Waals surface area (Å²) in [6.45, 7) is 0.895. The smallest absolute Gasteiger partial charge is 0.245 e. The van der Waals surface area contributed by atoms with Crippen LogP contribution < -0.4 is 10.2 Å². The number of nitrogens with zero attached hydrogens (tertiary/aromatic N) is 4. The number of benzene rings is 1. The molecule has 1 N–H and O–H groups in total. The second-order valence-electron chi connectivity index (χ2n) is 11.9. The number of carbonyl (C=O) groups is 1. The Morgan fingerprint density at radius 3 is 2.46 bits per heavy atom. The number of oxazole rings is 1. The number of sulfone groups is 1. The van der Waals surface area contributed by atoms with Gasteiger partial charge in [0, 0.05) is 36.2 Å². The van der Waals surface area contributed by atoms with Crippen molar-refractivity contribution in [1.82, 2.24) is 15.3 Å². The van der Waals surface area contributed by atoms with E-state index in [1.807, 2.05) is 24.3 Å². The van der Waals surface area contributed by atoms with Gasteiger partial charge in [0.25, 0.3) is 0 Å². The molecule has 3 aliphatic carbocycles. The molecule has 0 unspecified atom stereocenters. The van der Waals surface area contributed by atoms with Crippen LogP contribution in [0.2, 0.25) is 0 Å². The van der Waals surface area contributed by atoms with Gasteiger partial charge in [0.2, 0.25) is 11.8 Å². The Morgan fingerprint density at radius 1 is 1.07 bits per heavy atom. The fraction of sp³-hybridized carbons (Fsp3) is 0.467. The summed E-state index contributed by atoms with van der Waals surface area (Å²) >= 11 is 0. The standard InChI is InChI=1S/C30H30FN5O4S/c31-21-3-6-25(33-16-21)29-34-26(18-1-4-22(5-2-18)36-9-11-41(38,39)12-10-36)27(40-29)23-14-19-13-20(19)15-24(23)28(37)35-30(17-32)7-8-30/h1-6,16,19-20,23-24H,7-15H2,(H,35,37)/t19-,20+,23+,24+/m0/s1. The number of hydrogen-bond donors (Lipinski definition) is 1. The van der Waals surface area contributed by atoms with E-state index >= 15 is 0 Å². The summed E-state index contributed by atoms with van der Waals surface area (Å²) in [6.07, 6.45) is 5.07. The zero-order valence-electron chi connectivity index (χ0n) is 22.4. The average molecular weight is 576 g/mol. The van der Waals surface area contributed by atoms with Gasteiger partial charge in [-0.1, -0.05) is 12.1 Å². The summed E-state index contributed by atoms with van der Waals surface area (Å²) in [7, 11) is -2.99. The van der Waals surface area contributed by atoms with Crippen LogP contribution in [-0.4, -0.2) is 54.4 Å². The van der Waals surface area contributed by atoms with Crippen molar-refractivity contribution in [3.05, 3.63) is 54.2 Å². The predicted molar refractivity (Wildman–Crippen MR) is 149 cm³/mol. The number of pyridine rings is 1. The number of carbonyl (C=O) groups excluding carboxylic acids is 1. The highest BCUT2D eigenvalue weighted by Gasteiger charge is 2.53. The Labute approximate surface area is 237 Å². The first-order valence-corrected chi connectivity index (χ1v) is 16.0. The largest absolute Gasteiger partial charge is 0.439 e. The lowest BCUT2D eigenvalue weighted by Crippen LogP contribution is -2.42. The summed E-state index contributed by atoms with van der Waals surface area (Å²) in [5.74, 6) is 1.03. The maximum Gasteiger partial charge on any atom is 0.245 e. The monoisotopic (exact) mass is 575 g/mol. The minimum atomic E-state index is -2.99. The van der Waals surface area contributed by atoms with Crippen LogP contribution in [0.5, 0.6) is 0 Å². The fourth-order valence-electron chi connectivity index (χ4n) is 6.37. The molecule has 4 aliphatic rings. The molecule has 3 heterocycles. The van der Waals surface area contributed by atoms with Gasteiger partial charge in [-0.15, -0.1) is 0 Å². The molecular formula is C30H30FN5O4S. The van der Waals surface area contributed by atoms with Crippen LogP contribution in [0.1, 0.15) is 43.8 Å². The second kappa shape index (κ2) is 9.65. The number of anilines is 1. The number of nitrogens with one attached hydrogen (secondary N) is 1. The lowest BCUT2D eigenvalue weighted by molar-refractivity contribution is -0.127. The molecule has 0 spiro atoms. The number of halogens is 1. The van der Waals surface area contributed by atoms with Crippen LogP contribution in [-0.2, 0) is 14.6 Å². The molecule has 1 aromatic carbocycles. The number of fused-ring (bicyclic) bond motifs is 1. The molecule has 0 bridgehead atoms. The van der Waals surface area contributed by atoms with E-state index in [0.717, 1.165) is 36.7 Å². The van der Waals surface area contributed by atoms with Gasteiger partial charge in [-0.05, 0) is 68.2 Å². The van der Waals surface area contributed by atoms with Gasteiger partial charge in [0.15, 0.2) is 9.84 Å². The average Bonchev–Trinajstić information content (AvgIpc) is 3.88. The molecule has 3 aromatic rings. The van der Waals surface area contributed by atoms with Gasteiger partial charge in [0.1, 0.15) is 28.5 Å². The van der Waals surface area contributed by atoms with Crippen molar-refractivity contribution in [3.8, 4) is 28.9 Å². The quantitative estimate of drug-likeness (QED) is 0.466. The van der Waals surface area contributed by atoms with Crippen LogP contribution in [0.3, 0.4) is 0 Å². The normalized spacial score (nSPS) is 27.4. The molecule has 1 aliphatic heterocycles. The molecular weight excluding hydrogens is 545 g/mol. The zero-order chi connectivity index (χ0) is 28.4. The van der Waals surface area contributed by atoms with Gasteiger partial charge < -0.3 is 14.6 Å². The van der Waals surface area contributed by atoms with E-state index in [9.17, 15) is 22.9 Å². The summed E-state index contributed by atoms with van der Waals surface area (Å²) in [5.41, 5.74) is 1.99. The molecule has 7 rings (SSSR count). The van der Waals surface area contributed by atoms with E-state index in [4.69, 9.17) is 9.40 Å². The lowest BCUT2D eigenvalue weighted by atomic mass is 9.76. The van der Waals surface area contributed by atoms with Crippen molar-refractivity contribution < 1.29 is 22.0 Å². The Hall–Kier alpha value is -3.78. The summed E-state index contributed by atoms with van der Waals surface area (Å²) in [4.78, 5) is 24.6. The van der Waals surface area contributed by atoms with E-state index in [1.54, 1.807) is 0 Å². The third kappa shape index (κ3) is 5.10. The van der Waals surface area contributed by atoms with Gasteiger partial charge in [-0.2, -0.15) is 5.26 Å². The Bertz CT molecular complexity index is 1630. The minimum absolute atomic E-state index is 0.112. The number of nitriles is 1. The van der Waals surface area contributed by atoms with Crippen molar-refractivity contribution in [2.24, 2.45) is 17.8 Å². The molecule has 4 fully saturated rings. The topological polar surface area (TPSA) is 129 Å². The summed E-state index contributed by atoms with van der Waals surface area (Å²) in [5, 5.41) is 12.6. The highest BCUT2D eigenvalue weighted by atomic mass is 32.2. The molecule has 2 aromatic heterocycles. The van der Waals surface area contributed by atoms with Crippen LogP contribution in [0, 0.1) is 34.9 Å². The first-order valence-electron chi connectivity index (χ1n) is 14.1. The minimum Gasteiger partial charge on any atom is -0.439 e. The second-order valence-corrected chi connectivity index (χ2v) is 14.2. The molecule has 212 valence electrons. The SMILES string of the molecule is N#CC1(NC(=O)[C@@H]2C[C@H]3C[C@H]3C[C@H]2c2oc(-c3ccc(F)cn3)nc2-c2ccc(N3CCS(=O)(=O)CC3)cc2)CC1. The number of aromatic nitrogens is 2. The number of amides is 1.